The van der Waals surface area contributed by atoms with Gasteiger partial charge in [0.05, 0.1) is 11.7 Å². The second kappa shape index (κ2) is 15.4. The Morgan fingerprint density at radius 1 is 1.02 bits per heavy atom. The number of nitrogens with zero attached hydrogens (tertiary/aromatic N) is 3. The van der Waals surface area contributed by atoms with Crippen LogP contribution in [0.1, 0.15) is 81.4 Å². The summed E-state index contributed by atoms with van der Waals surface area (Å²) in [7, 11) is 0. The highest BCUT2D eigenvalue weighted by molar-refractivity contribution is 7.79. The number of carbonyl (C=O) groups is 1. The van der Waals surface area contributed by atoms with Gasteiger partial charge in [0.15, 0.2) is 0 Å². The Balaban J connectivity index is 0.00000541. The molecular weight excluding hydrogens is 621 g/mol. The minimum absolute atomic E-state index is 0. The lowest BCUT2D eigenvalue weighted by Gasteiger charge is -2.47. The average Bonchev–Trinajstić information content (AvgIpc) is 3.01. The summed E-state index contributed by atoms with van der Waals surface area (Å²) in [6.07, 6.45) is 5.69. The van der Waals surface area contributed by atoms with Crippen molar-refractivity contribution in [1.29, 1.82) is 0 Å². The van der Waals surface area contributed by atoms with Crippen LogP contribution in [0.2, 0.25) is 0 Å². The standard InChI is InChI=1S/C39H48N4O4S.H2/c1-26-12-9-13-27(2)36(26)34-23-35(42-38(40)41-34)47-25-32(24-39(3,4)5)43(37(44)30-18-11-19-33(22-30)48(45)46)31-20-29(21-31)17-10-16-28-14-7-6-8-15-28;/h6-9,11-15,18-19,22-23,29,31-32H,10,16-17,20-21,24-25H2,1-5H3,(H,45,46)(H2,40,41,42);1H/p-1/t29?,31?,32-;/m1./s1. The number of hydrogen-bond acceptors (Lipinski definition) is 7. The largest absolute Gasteiger partial charge is 0.768 e. The molecule has 9 heteroatoms. The molecule has 0 bridgehead atoms. The fourth-order valence-electron chi connectivity index (χ4n) is 6.90. The van der Waals surface area contributed by atoms with Crippen LogP contribution in [0.15, 0.2) is 83.8 Å². The summed E-state index contributed by atoms with van der Waals surface area (Å²) >= 11 is -2.44. The van der Waals surface area contributed by atoms with Crippen molar-refractivity contribution in [2.24, 2.45) is 11.3 Å². The van der Waals surface area contributed by atoms with Crippen molar-refractivity contribution in [1.82, 2.24) is 14.9 Å². The fraction of sp³-hybridized carbons (Fsp3) is 0.410. The highest BCUT2D eigenvalue weighted by Gasteiger charge is 2.41. The van der Waals surface area contributed by atoms with E-state index in [0.29, 0.717) is 29.5 Å². The van der Waals surface area contributed by atoms with Gasteiger partial charge < -0.3 is 19.9 Å². The summed E-state index contributed by atoms with van der Waals surface area (Å²) in [5, 5.41) is 0. The number of nitrogen functional groups attached to an aromatic ring is 1. The monoisotopic (exact) mass is 669 g/mol. The van der Waals surface area contributed by atoms with Crippen LogP contribution in [0.4, 0.5) is 5.95 Å². The maximum Gasteiger partial charge on any atom is 0.254 e. The molecule has 4 aromatic rings. The first kappa shape index (κ1) is 35.2. The minimum Gasteiger partial charge on any atom is -0.768 e. The van der Waals surface area contributed by atoms with Gasteiger partial charge in [0.25, 0.3) is 5.91 Å². The van der Waals surface area contributed by atoms with Gasteiger partial charge in [0.1, 0.15) is 6.61 Å². The van der Waals surface area contributed by atoms with Crippen LogP contribution >= 0.6 is 0 Å². The van der Waals surface area contributed by atoms with Crippen molar-refractivity contribution in [3.63, 3.8) is 0 Å². The van der Waals surface area contributed by atoms with Crippen LogP contribution in [0.25, 0.3) is 11.3 Å². The normalized spacial score (nSPS) is 17.3. The second-order valence-electron chi connectivity index (χ2n) is 14.3. The zero-order chi connectivity index (χ0) is 34.4. The van der Waals surface area contributed by atoms with Crippen molar-refractivity contribution >= 4 is 22.9 Å². The average molecular weight is 670 g/mol. The summed E-state index contributed by atoms with van der Waals surface area (Å²) < 4.78 is 30.0. The molecule has 8 nitrogen and oxygen atoms in total. The molecule has 2 atom stereocenters. The van der Waals surface area contributed by atoms with Crippen LogP contribution in [-0.2, 0) is 17.5 Å². The SMILES string of the molecule is Cc1cccc(C)c1-c1cc(OC[C@@H](CC(C)(C)C)N(C(=O)c2cccc(S(=O)[O-])c2)C2CC(CCCc3ccccc3)C2)nc(N)n1.[HH]. The van der Waals surface area contributed by atoms with Gasteiger partial charge in [-0.15, -0.1) is 0 Å². The van der Waals surface area contributed by atoms with Crippen LogP contribution in [0.3, 0.4) is 0 Å². The van der Waals surface area contributed by atoms with E-state index in [-0.39, 0.29) is 42.3 Å². The maximum atomic E-state index is 14.4. The molecular formula is C39H49N4O4S-. The van der Waals surface area contributed by atoms with E-state index < -0.39 is 11.1 Å². The number of benzene rings is 3. The Morgan fingerprint density at radius 2 is 1.71 bits per heavy atom. The first-order valence-corrected chi connectivity index (χ1v) is 17.9. The first-order chi connectivity index (χ1) is 22.9. The molecule has 1 saturated carbocycles. The quantitative estimate of drug-likeness (QED) is 0.143. The number of rotatable bonds is 13. The number of anilines is 1. The number of aromatic nitrogens is 2. The van der Waals surface area contributed by atoms with E-state index in [0.717, 1.165) is 48.8 Å². The molecule has 0 saturated heterocycles. The highest BCUT2D eigenvalue weighted by atomic mass is 32.2. The molecule has 0 aliphatic heterocycles. The van der Waals surface area contributed by atoms with Gasteiger partial charge in [0.2, 0.25) is 11.8 Å². The molecule has 1 unspecified atom stereocenters. The molecule has 1 aliphatic rings. The van der Waals surface area contributed by atoms with Crippen LogP contribution in [0.5, 0.6) is 5.88 Å². The van der Waals surface area contributed by atoms with Gasteiger partial charge in [-0.3, -0.25) is 9.00 Å². The summed E-state index contributed by atoms with van der Waals surface area (Å²) in [5.74, 6) is 0.798. The third-order valence-electron chi connectivity index (χ3n) is 9.16. The van der Waals surface area contributed by atoms with Gasteiger partial charge in [-0.2, -0.15) is 4.98 Å². The minimum atomic E-state index is -2.44. The lowest BCUT2D eigenvalue weighted by Crippen LogP contribution is -2.55. The van der Waals surface area contributed by atoms with Gasteiger partial charge >= 0.3 is 0 Å². The van der Waals surface area contributed by atoms with Crippen LogP contribution in [-0.4, -0.2) is 48.2 Å². The summed E-state index contributed by atoms with van der Waals surface area (Å²) in [5.41, 5.74) is 11.6. The Bertz CT molecular complexity index is 1720. The molecule has 1 amide bonds. The zero-order valence-electron chi connectivity index (χ0n) is 28.6. The van der Waals surface area contributed by atoms with Crippen molar-refractivity contribution < 1.29 is 19.7 Å². The van der Waals surface area contributed by atoms with E-state index in [1.165, 1.54) is 17.7 Å². The van der Waals surface area contributed by atoms with Crippen molar-refractivity contribution in [2.45, 2.75) is 90.1 Å². The van der Waals surface area contributed by atoms with Gasteiger partial charge in [-0.25, -0.2) is 4.98 Å². The molecule has 1 aliphatic carbocycles. The second-order valence-corrected chi connectivity index (χ2v) is 15.2. The number of carbonyl (C=O) groups excluding carboxylic acids is 1. The molecule has 1 aromatic heterocycles. The van der Waals surface area contributed by atoms with Crippen molar-refractivity contribution in [3.8, 4) is 17.1 Å². The topological polar surface area (TPSA) is 121 Å². The smallest absolute Gasteiger partial charge is 0.254 e. The third kappa shape index (κ3) is 9.08. The lowest BCUT2D eigenvalue weighted by molar-refractivity contribution is 0.00835. The first-order valence-electron chi connectivity index (χ1n) is 16.8. The molecule has 1 heterocycles. The molecule has 5 rings (SSSR count). The maximum absolute atomic E-state index is 14.4. The molecule has 0 radical (unpaired) electrons. The van der Waals surface area contributed by atoms with Crippen molar-refractivity contribution in [2.75, 3.05) is 12.3 Å². The number of nitrogens with two attached hydrogens (primary N) is 1. The van der Waals surface area contributed by atoms with Crippen LogP contribution in [0, 0.1) is 25.2 Å². The summed E-state index contributed by atoms with van der Waals surface area (Å²) in [4.78, 5) is 25.4. The van der Waals surface area contributed by atoms with E-state index in [2.05, 4.69) is 55.0 Å². The van der Waals surface area contributed by atoms with E-state index in [4.69, 9.17) is 10.5 Å². The molecule has 48 heavy (non-hydrogen) atoms. The predicted molar refractivity (Wildman–Crippen MR) is 193 cm³/mol. The van der Waals surface area contributed by atoms with Crippen molar-refractivity contribution in [3.05, 3.63) is 101 Å². The Morgan fingerprint density at radius 3 is 2.38 bits per heavy atom. The Kier molecular flexibility index (Phi) is 11.3. The number of hydrogen-bond donors (Lipinski definition) is 1. The predicted octanol–water partition coefficient (Wildman–Crippen LogP) is 7.95. The third-order valence-corrected chi connectivity index (χ3v) is 9.79. The number of amides is 1. The molecule has 0 spiro atoms. The zero-order valence-corrected chi connectivity index (χ0v) is 29.5. The van der Waals surface area contributed by atoms with E-state index in [1.807, 2.05) is 49.1 Å². The number of aryl methyl sites for hydroxylation is 3. The summed E-state index contributed by atoms with van der Waals surface area (Å²) in [6.45, 7) is 10.7. The van der Waals surface area contributed by atoms with Gasteiger partial charge in [-0.05, 0) is 110 Å². The van der Waals surface area contributed by atoms with E-state index in [1.54, 1.807) is 12.1 Å². The van der Waals surface area contributed by atoms with Crippen LogP contribution < -0.4 is 10.5 Å². The van der Waals surface area contributed by atoms with Gasteiger partial charge in [-0.1, -0.05) is 75.4 Å². The van der Waals surface area contributed by atoms with Gasteiger partial charge in [0, 0.05) is 29.6 Å². The fourth-order valence-corrected chi connectivity index (χ4v) is 7.32. The van der Waals surface area contributed by atoms with E-state index in [9.17, 15) is 13.6 Å². The summed E-state index contributed by atoms with van der Waals surface area (Å²) in [6, 6.07) is 24.4. The number of ether oxygens (including phenoxy) is 1. The Labute approximate surface area is 288 Å². The van der Waals surface area contributed by atoms with E-state index >= 15 is 0 Å². The molecule has 1 fully saturated rings. The lowest BCUT2D eigenvalue weighted by atomic mass is 9.75. The Hall–Kier alpha value is -4.08. The molecule has 2 N–H and O–H groups in total. The molecule has 256 valence electrons. The molecule has 3 aromatic carbocycles. The highest BCUT2D eigenvalue weighted by Crippen LogP contribution is 2.39.